The number of amides is 2. The van der Waals surface area contributed by atoms with Gasteiger partial charge in [-0.1, -0.05) is 32.1 Å². The van der Waals surface area contributed by atoms with Gasteiger partial charge in [0.15, 0.2) is 6.10 Å². The Morgan fingerprint density at radius 3 is 2.50 bits per heavy atom. The number of likely N-dealkylation sites (N-methyl/N-ethyl adjacent to an activating group) is 1. The van der Waals surface area contributed by atoms with Crippen LogP contribution in [-0.4, -0.2) is 50.3 Å². The SMILES string of the molecule is COCCN(C)C(=O)[C@H](CC1CCCCC1)OC(N)=O. The van der Waals surface area contributed by atoms with Gasteiger partial charge in [0, 0.05) is 20.7 Å². The summed E-state index contributed by atoms with van der Waals surface area (Å²) >= 11 is 0. The van der Waals surface area contributed by atoms with Crippen molar-refractivity contribution in [3.05, 3.63) is 0 Å². The summed E-state index contributed by atoms with van der Waals surface area (Å²) in [5, 5.41) is 0. The van der Waals surface area contributed by atoms with E-state index in [1.807, 2.05) is 0 Å². The number of nitrogens with two attached hydrogens (primary N) is 1. The molecule has 1 aliphatic carbocycles. The molecule has 6 nitrogen and oxygen atoms in total. The van der Waals surface area contributed by atoms with Gasteiger partial charge < -0.3 is 20.1 Å². The summed E-state index contributed by atoms with van der Waals surface area (Å²) in [6, 6.07) is 0. The van der Waals surface area contributed by atoms with Crippen LogP contribution in [0.2, 0.25) is 0 Å². The Hall–Kier alpha value is -1.30. The maximum atomic E-state index is 12.3. The highest BCUT2D eigenvalue weighted by Crippen LogP contribution is 2.28. The molecule has 116 valence electrons. The van der Waals surface area contributed by atoms with Crippen molar-refractivity contribution in [2.45, 2.75) is 44.6 Å². The van der Waals surface area contributed by atoms with Crippen LogP contribution in [0.3, 0.4) is 0 Å². The van der Waals surface area contributed by atoms with Gasteiger partial charge in [0.25, 0.3) is 5.91 Å². The lowest BCUT2D eigenvalue weighted by atomic mass is 9.85. The standard InChI is InChI=1S/C14H26N2O4/c1-16(8-9-19-2)13(17)12(20-14(15)18)10-11-6-4-3-5-7-11/h11-12H,3-10H2,1-2H3,(H2,15,18)/t12-/m0/s1. The Morgan fingerprint density at radius 2 is 1.95 bits per heavy atom. The Morgan fingerprint density at radius 1 is 1.30 bits per heavy atom. The first kappa shape index (κ1) is 16.8. The zero-order valence-electron chi connectivity index (χ0n) is 12.5. The highest BCUT2D eigenvalue weighted by Gasteiger charge is 2.29. The minimum Gasteiger partial charge on any atom is -0.436 e. The average Bonchev–Trinajstić information content (AvgIpc) is 2.44. The van der Waals surface area contributed by atoms with Crippen LogP contribution in [0.15, 0.2) is 0 Å². The van der Waals surface area contributed by atoms with Crippen LogP contribution in [-0.2, 0) is 14.3 Å². The van der Waals surface area contributed by atoms with E-state index in [4.69, 9.17) is 15.2 Å². The number of primary amides is 1. The van der Waals surface area contributed by atoms with E-state index in [2.05, 4.69) is 0 Å². The van der Waals surface area contributed by atoms with Crippen molar-refractivity contribution >= 4 is 12.0 Å². The van der Waals surface area contributed by atoms with Crippen molar-refractivity contribution in [1.29, 1.82) is 0 Å². The quantitative estimate of drug-likeness (QED) is 0.769. The molecule has 0 saturated heterocycles. The lowest BCUT2D eigenvalue weighted by Gasteiger charge is -2.28. The molecule has 0 aromatic carbocycles. The summed E-state index contributed by atoms with van der Waals surface area (Å²) in [4.78, 5) is 24.8. The number of rotatable bonds is 7. The Labute approximate surface area is 120 Å². The molecule has 2 N–H and O–H groups in total. The molecule has 0 unspecified atom stereocenters. The van der Waals surface area contributed by atoms with Crippen LogP contribution in [0, 0.1) is 5.92 Å². The predicted octanol–water partition coefficient (Wildman–Crippen LogP) is 1.53. The van der Waals surface area contributed by atoms with Crippen LogP contribution in [0.4, 0.5) is 4.79 Å². The third-order valence-corrected chi connectivity index (χ3v) is 3.81. The molecular weight excluding hydrogens is 260 g/mol. The van der Waals surface area contributed by atoms with Gasteiger partial charge in [0.1, 0.15) is 0 Å². The van der Waals surface area contributed by atoms with Gasteiger partial charge in [0.05, 0.1) is 6.61 Å². The van der Waals surface area contributed by atoms with E-state index in [9.17, 15) is 9.59 Å². The summed E-state index contributed by atoms with van der Waals surface area (Å²) in [6.07, 6.45) is 4.71. The van der Waals surface area contributed by atoms with Crippen molar-refractivity contribution in [3.63, 3.8) is 0 Å². The van der Waals surface area contributed by atoms with Gasteiger partial charge in [-0.3, -0.25) is 4.79 Å². The third-order valence-electron chi connectivity index (χ3n) is 3.81. The zero-order chi connectivity index (χ0) is 15.0. The molecule has 20 heavy (non-hydrogen) atoms. The number of carbonyl (C=O) groups is 2. The van der Waals surface area contributed by atoms with E-state index in [0.29, 0.717) is 25.5 Å². The molecule has 1 atom stereocenters. The van der Waals surface area contributed by atoms with E-state index in [0.717, 1.165) is 12.8 Å². The normalized spacial score (nSPS) is 17.5. The molecule has 0 aliphatic heterocycles. The fourth-order valence-corrected chi connectivity index (χ4v) is 2.65. The summed E-state index contributed by atoms with van der Waals surface area (Å²) in [5.41, 5.74) is 5.08. The van der Waals surface area contributed by atoms with Gasteiger partial charge in [-0.05, 0) is 12.3 Å². The first-order chi connectivity index (χ1) is 9.54. The molecule has 0 bridgehead atoms. The Balaban J connectivity index is 2.56. The monoisotopic (exact) mass is 286 g/mol. The molecule has 0 radical (unpaired) electrons. The predicted molar refractivity (Wildman–Crippen MR) is 75.2 cm³/mol. The van der Waals surface area contributed by atoms with E-state index < -0.39 is 12.2 Å². The number of nitrogens with zero attached hydrogens (tertiary/aromatic N) is 1. The molecule has 0 aromatic heterocycles. The summed E-state index contributed by atoms with van der Waals surface area (Å²) in [6.45, 7) is 0.924. The minimum atomic E-state index is -0.890. The van der Waals surface area contributed by atoms with E-state index in [-0.39, 0.29) is 5.91 Å². The number of methoxy groups -OCH3 is 1. The van der Waals surface area contributed by atoms with Crippen molar-refractivity contribution in [2.24, 2.45) is 11.7 Å². The second kappa shape index (κ2) is 8.79. The first-order valence-electron chi connectivity index (χ1n) is 7.24. The maximum Gasteiger partial charge on any atom is 0.405 e. The topological polar surface area (TPSA) is 81.9 Å². The van der Waals surface area contributed by atoms with Crippen molar-refractivity contribution in [3.8, 4) is 0 Å². The minimum absolute atomic E-state index is 0.202. The fourth-order valence-electron chi connectivity index (χ4n) is 2.65. The molecule has 1 aliphatic rings. The average molecular weight is 286 g/mol. The number of carbonyl (C=O) groups excluding carboxylic acids is 2. The molecule has 1 fully saturated rings. The van der Waals surface area contributed by atoms with Crippen LogP contribution < -0.4 is 5.73 Å². The van der Waals surface area contributed by atoms with E-state index in [1.165, 1.54) is 24.2 Å². The fraction of sp³-hybridized carbons (Fsp3) is 0.857. The molecule has 0 spiro atoms. The molecule has 2 amide bonds. The lowest BCUT2D eigenvalue weighted by molar-refractivity contribution is -0.140. The third kappa shape index (κ3) is 5.77. The molecule has 0 heterocycles. The summed E-state index contributed by atoms with van der Waals surface area (Å²) in [5.74, 6) is 0.235. The van der Waals surface area contributed by atoms with Crippen LogP contribution in [0.1, 0.15) is 38.5 Å². The molecule has 1 saturated carbocycles. The molecule has 6 heteroatoms. The molecular formula is C14H26N2O4. The summed E-state index contributed by atoms with van der Waals surface area (Å²) in [7, 11) is 3.26. The highest BCUT2D eigenvalue weighted by molar-refractivity contribution is 5.83. The maximum absolute atomic E-state index is 12.3. The first-order valence-corrected chi connectivity index (χ1v) is 7.24. The van der Waals surface area contributed by atoms with Gasteiger partial charge in [-0.2, -0.15) is 0 Å². The van der Waals surface area contributed by atoms with Gasteiger partial charge in [0.2, 0.25) is 0 Å². The van der Waals surface area contributed by atoms with Crippen LogP contribution >= 0.6 is 0 Å². The second-order valence-electron chi connectivity index (χ2n) is 5.42. The van der Waals surface area contributed by atoms with Crippen molar-refractivity contribution in [1.82, 2.24) is 4.90 Å². The zero-order valence-corrected chi connectivity index (χ0v) is 12.5. The summed E-state index contributed by atoms with van der Waals surface area (Å²) < 4.78 is 9.97. The largest absolute Gasteiger partial charge is 0.436 e. The number of ether oxygens (including phenoxy) is 2. The van der Waals surface area contributed by atoms with Gasteiger partial charge in [-0.25, -0.2) is 4.79 Å². The number of hydrogen-bond donors (Lipinski definition) is 1. The molecule has 1 rings (SSSR count). The van der Waals surface area contributed by atoms with Crippen molar-refractivity contribution in [2.75, 3.05) is 27.3 Å². The van der Waals surface area contributed by atoms with Crippen LogP contribution in [0.5, 0.6) is 0 Å². The number of hydrogen-bond acceptors (Lipinski definition) is 4. The lowest BCUT2D eigenvalue weighted by Crippen LogP contribution is -2.42. The highest BCUT2D eigenvalue weighted by atomic mass is 16.6. The van der Waals surface area contributed by atoms with E-state index >= 15 is 0 Å². The van der Waals surface area contributed by atoms with Gasteiger partial charge in [-0.15, -0.1) is 0 Å². The van der Waals surface area contributed by atoms with E-state index in [1.54, 1.807) is 14.2 Å². The molecule has 0 aromatic rings. The Kier molecular flexibility index (Phi) is 7.36. The Bertz CT molecular complexity index is 316. The second-order valence-corrected chi connectivity index (χ2v) is 5.42. The van der Waals surface area contributed by atoms with Crippen molar-refractivity contribution < 1.29 is 19.1 Å². The van der Waals surface area contributed by atoms with Gasteiger partial charge >= 0.3 is 6.09 Å². The van der Waals surface area contributed by atoms with Crippen LogP contribution in [0.25, 0.3) is 0 Å². The smallest absolute Gasteiger partial charge is 0.405 e.